The van der Waals surface area contributed by atoms with Crippen LogP contribution < -0.4 is 15.8 Å². The second-order valence-electron chi connectivity index (χ2n) is 6.46. The van der Waals surface area contributed by atoms with Gasteiger partial charge in [-0.25, -0.2) is 13.4 Å². The van der Waals surface area contributed by atoms with Gasteiger partial charge in [-0.2, -0.15) is 0 Å². The van der Waals surface area contributed by atoms with Crippen molar-refractivity contribution in [2.75, 3.05) is 12.9 Å². The van der Waals surface area contributed by atoms with Gasteiger partial charge in [0.1, 0.15) is 5.75 Å². The first-order chi connectivity index (χ1) is 12.4. The van der Waals surface area contributed by atoms with Crippen molar-refractivity contribution in [2.24, 2.45) is 10.7 Å². The van der Waals surface area contributed by atoms with Gasteiger partial charge < -0.3 is 15.8 Å². The summed E-state index contributed by atoms with van der Waals surface area (Å²) in [7, 11) is -3.06. The molecule has 0 radical (unpaired) electrons. The lowest BCUT2D eigenvalue weighted by atomic mass is 10.0. The Morgan fingerprint density at radius 2 is 2.00 bits per heavy atom. The Morgan fingerprint density at radius 1 is 1.23 bits per heavy atom. The SMILES string of the molecule is CS(=O)(=O)Cc1cccc(CN=C(N)NC2CCOc3ccccc32)c1. The highest BCUT2D eigenvalue weighted by Gasteiger charge is 2.21. The number of nitrogens with one attached hydrogen (secondary N) is 1. The highest BCUT2D eigenvalue weighted by molar-refractivity contribution is 7.89. The summed E-state index contributed by atoms with van der Waals surface area (Å²) in [6.07, 6.45) is 2.04. The van der Waals surface area contributed by atoms with E-state index in [1.165, 1.54) is 6.26 Å². The third kappa shape index (κ3) is 4.98. The number of sulfone groups is 1. The predicted octanol–water partition coefficient (Wildman–Crippen LogP) is 2.16. The molecule has 2 aromatic carbocycles. The molecule has 0 saturated heterocycles. The van der Waals surface area contributed by atoms with E-state index < -0.39 is 9.84 Å². The molecule has 0 spiro atoms. The molecule has 1 atom stereocenters. The van der Waals surface area contributed by atoms with E-state index >= 15 is 0 Å². The Bertz CT molecular complexity index is 910. The summed E-state index contributed by atoms with van der Waals surface area (Å²) in [5.41, 5.74) is 8.80. The van der Waals surface area contributed by atoms with E-state index in [1.807, 2.05) is 42.5 Å². The zero-order valence-electron chi connectivity index (χ0n) is 14.7. The molecule has 3 N–H and O–H groups in total. The third-order valence-corrected chi connectivity index (χ3v) is 4.99. The van der Waals surface area contributed by atoms with E-state index in [0.717, 1.165) is 28.9 Å². The molecule has 0 saturated carbocycles. The molecule has 3 rings (SSSR count). The molecule has 138 valence electrons. The normalized spacial score (nSPS) is 17.3. The monoisotopic (exact) mass is 373 g/mol. The number of nitrogens with two attached hydrogens (primary N) is 1. The van der Waals surface area contributed by atoms with Crippen molar-refractivity contribution in [3.63, 3.8) is 0 Å². The number of guanidine groups is 1. The topological polar surface area (TPSA) is 93.8 Å². The zero-order valence-corrected chi connectivity index (χ0v) is 15.5. The quantitative estimate of drug-likeness (QED) is 0.619. The minimum Gasteiger partial charge on any atom is -0.493 e. The van der Waals surface area contributed by atoms with Crippen molar-refractivity contribution >= 4 is 15.8 Å². The molecular weight excluding hydrogens is 350 g/mol. The maximum atomic E-state index is 11.4. The van der Waals surface area contributed by atoms with Crippen LogP contribution in [0.25, 0.3) is 0 Å². The maximum Gasteiger partial charge on any atom is 0.189 e. The van der Waals surface area contributed by atoms with Gasteiger partial charge in [-0.3, -0.25) is 0 Å². The molecule has 2 aromatic rings. The van der Waals surface area contributed by atoms with E-state index in [4.69, 9.17) is 10.5 Å². The molecule has 1 unspecified atom stereocenters. The van der Waals surface area contributed by atoms with Gasteiger partial charge >= 0.3 is 0 Å². The summed E-state index contributed by atoms with van der Waals surface area (Å²) in [6, 6.07) is 15.4. The summed E-state index contributed by atoms with van der Waals surface area (Å²) >= 11 is 0. The van der Waals surface area contributed by atoms with Gasteiger partial charge in [-0.05, 0) is 17.2 Å². The number of ether oxygens (including phenoxy) is 1. The van der Waals surface area contributed by atoms with Gasteiger partial charge in [0.15, 0.2) is 15.8 Å². The second kappa shape index (κ2) is 7.78. The summed E-state index contributed by atoms with van der Waals surface area (Å²) in [6.45, 7) is 1.02. The third-order valence-electron chi connectivity index (χ3n) is 4.13. The summed E-state index contributed by atoms with van der Waals surface area (Å²) in [4.78, 5) is 4.39. The summed E-state index contributed by atoms with van der Waals surface area (Å²) < 4.78 is 28.5. The molecule has 7 heteroatoms. The molecule has 26 heavy (non-hydrogen) atoms. The van der Waals surface area contributed by atoms with Crippen molar-refractivity contribution in [3.05, 3.63) is 65.2 Å². The zero-order chi connectivity index (χ0) is 18.6. The Hall–Kier alpha value is -2.54. The van der Waals surface area contributed by atoms with Gasteiger partial charge in [0.25, 0.3) is 0 Å². The molecule has 0 bridgehead atoms. The van der Waals surface area contributed by atoms with E-state index in [0.29, 0.717) is 19.1 Å². The van der Waals surface area contributed by atoms with Crippen LogP contribution in [0.4, 0.5) is 0 Å². The fourth-order valence-corrected chi connectivity index (χ4v) is 3.80. The highest BCUT2D eigenvalue weighted by Crippen LogP contribution is 2.31. The van der Waals surface area contributed by atoms with Crippen molar-refractivity contribution in [2.45, 2.75) is 24.8 Å². The lowest BCUT2D eigenvalue weighted by molar-refractivity contribution is 0.262. The van der Waals surface area contributed by atoms with Gasteiger partial charge in [0.2, 0.25) is 0 Å². The molecule has 0 aromatic heterocycles. The van der Waals surface area contributed by atoms with Crippen LogP contribution in [0.1, 0.15) is 29.2 Å². The molecule has 6 nitrogen and oxygen atoms in total. The smallest absolute Gasteiger partial charge is 0.189 e. The van der Waals surface area contributed by atoms with Crippen LogP contribution in [-0.2, 0) is 22.1 Å². The van der Waals surface area contributed by atoms with Crippen LogP contribution in [-0.4, -0.2) is 27.2 Å². The van der Waals surface area contributed by atoms with Crippen LogP contribution in [0.2, 0.25) is 0 Å². The number of hydrogen-bond donors (Lipinski definition) is 2. The average Bonchev–Trinajstić information content (AvgIpc) is 2.59. The lowest BCUT2D eigenvalue weighted by Gasteiger charge is -2.26. The van der Waals surface area contributed by atoms with Gasteiger partial charge in [-0.15, -0.1) is 0 Å². The van der Waals surface area contributed by atoms with E-state index in [1.54, 1.807) is 6.07 Å². The molecule has 1 aliphatic rings. The molecule has 0 amide bonds. The molecule has 0 fully saturated rings. The number of benzene rings is 2. The Labute approximate surface area is 154 Å². The maximum absolute atomic E-state index is 11.4. The molecule has 0 aliphatic carbocycles. The first kappa shape index (κ1) is 18.3. The van der Waals surface area contributed by atoms with Crippen LogP contribution in [0.3, 0.4) is 0 Å². The number of nitrogens with zero attached hydrogens (tertiary/aromatic N) is 1. The number of para-hydroxylation sites is 1. The summed E-state index contributed by atoms with van der Waals surface area (Å²) in [5.74, 6) is 1.26. The van der Waals surface area contributed by atoms with Crippen molar-refractivity contribution in [1.82, 2.24) is 5.32 Å². The average molecular weight is 373 g/mol. The Kier molecular flexibility index (Phi) is 5.46. The minimum absolute atomic E-state index is 0.0249. The van der Waals surface area contributed by atoms with Gasteiger partial charge in [0, 0.05) is 18.2 Å². The number of hydrogen-bond acceptors (Lipinski definition) is 4. The molecule has 1 aliphatic heterocycles. The van der Waals surface area contributed by atoms with E-state index in [2.05, 4.69) is 10.3 Å². The van der Waals surface area contributed by atoms with Crippen LogP contribution in [0.15, 0.2) is 53.5 Å². The second-order valence-corrected chi connectivity index (χ2v) is 8.60. The number of rotatable bonds is 5. The van der Waals surface area contributed by atoms with Crippen LogP contribution in [0, 0.1) is 0 Å². The first-order valence-corrected chi connectivity index (χ1v) is 10.5. The number of aliphatic imine (C=N–C) groups is 1. The number of fused-ring (bicyclic) bond motifs is 1. The largest absolute Gasteiger partial charge is 0.493 e. The van der Waals surface area contributed by atoms with Crippen molar-refractivity contribution < 1.29 is 13.2 Å². The highest BCUT2D eigenvalue weighted by atomic mass is 32.2. The minimum atomic E-state index is -3.06. The fraction of sp³-hybridized carbons (Fsp3) is 0.316. The lowest BCUT2D eigenvalue weighted by Crippen LogP contribution is -2.37. The molecular formula is C19H23N3O3S. The van der Waals surface area contributed by atoms with E-state index in [-0.39, 0.29) is 11.8 Å². The first-order valence-electron chi connectivity index (χ1n) is 8.44. The van der Waals surface area contributed by atoms with Crippen molar-refractivity contribution in [3.8, 4) is 5.75 Å². The fourth-order valence-electron chi connectivity index (χ4n) is 3.01. The predicted molar refractivity (Wildman–Crippen MR) is 103 cm³/mol. The van der Waals surface area contributed by atoms with Crippen molar-refractivity contribution in [1.29, 1.82) is 0 Å². The standard InChI is InChI=1S/C19H23N3O3S/c1-26(23,24)13-15-6-4-5-14(11-15)12-21-19(20)22-17-9-10-25-18-8-3-2-7-16(17)18/h2-8,11,17H,9-10,12-13H2,1H3,(H3,20,21,22). The Morgan fingerprint density at radius 3 is 2.81 bits per heavy atom. The van der Waals surface area contributed by atoms with Gasteiger partial charge in [0.05, 0.1) is 24.9 Å². The van der Waals surface area contributed by atoms with Gasteiger partial charge in [-0.1, -0.05) is 42.5 Å². The van der Waals surface area contributed by atoms with Crippen LogP contribution >= 0.6 is 0 Å². The van der Waals surface area contributed by atoms with Crippen LogP contribution in [0.5, 0.6) is 5.75 Å². The molecule has 1 heterocycles. The summed E-state index contributed by atoms with van der Waals surface area (Å²) in [5, 5.41) is 3.25. The van der Waals surface area contributed by atoms with E-state index in [9.17, 15) is 8.42 Å². The Balaban J connectivity index is 1.65.